The summed E-state index contributed by atoms with van der Waals surface area (Å²) in [6.07, 6.45) is 3.39. The van der Waals surface area contributed by atoms with E-state index in [0.29, 0.717) is 18.7 Å². The third-order valence-electron chi connectivity index (χ3n) is 5.11. The molecule has 0 radical (unpaired) electrons. The lowest BCUT2D eigenvalue weighted by Gasteiger charge is -2.31. The van der Waals surface area contributed by atoms with Gasteiger partial charge in [0, 0.05) is 46.0 Å². The van der Waals surface area contributed by atoms with Gasteiger partial charge in [-0.3, -0.25) is 0 Å². The highest BCUT2D eigenvalue weighted by molar-refractivity contribution is 6.71. The van der Waals surface area contributed by atoms with Crippen molar-refractivity contribution in [2.45, 2.75) is 51.9 Å². The summed E-state index contributed by atoms with van der Waals surface area (Å²) in [5.41, 5.74) is 0.427. The molecule has 0 aromatic rings. The van der Waals surface area contributed by atoms with Crippen molar-refractivity contribution in [3.8, 4) is 0 Å². The van der Waals surface area contributed by atoms with Crippen LogP contribution in [0.25, 0.3) is 0 Å². The van der Waals surface area contributed by atoms with Crippen molar-refractivity contribution in [3.63, 3.8) is 0 Å². The van der Waals surface area contributed by atoms with Crippen LogP contribution >= 0.6 is 0 Å². The Kier molecular flexibility index (Phi) is 22.5. The Bertz CT molecular complexity index is 604. The zero-order valence-corrected chi connectivity index (χ0v) is 25.5. The average Bonchev–Trinajstić information content (AvgIpc) is 2.75. The first kappa shape index (κ1) is 37.7. The molecule has 0 saturated heterocycles. The maximum absolute atomic E-state index is 11.3. The molecule has 0 aliphatic carbocycles. The molecule has 0 heterocycles. The molecular formula is C22H47ClN2O7Si2. The number of nitrogens with zero attached hydrogens (tertiary/aromatic N) is 2. The Hall–Kier alpha value is -0.886. The average molecular weight is 543 g/mol. The standard InChI is InChI=1S/C14H30NO5Si.C8H17NO2Si.ClH/c1-13(2)14(16)20-11-10-15(3,4)9-8-12-21(17-5,18-6)19-7;1-4-11-12(2,3)7-5-6-9-8-10;/h1,8-12H2,2-7H3;4-7H2,1-3H3;1H/q+1;;/p-1. The van der Waals surface area contributed by atoms with Crippen LogP contribution in [0.15, 0.2) is 17.1 Å². The molecule has 0 bridgehead atoms. The fourth-order valence-corrected chi connectivity index (χ4v) is 6.63. The Morgan fingerprint density at radius 2 is 1.59 bits per heavy atom. The van der Waals surface area contributed by atoms with Crippen LogP contribution in [0.4, 0.5) is 0 Å². The van der Waals surface area contributed by atoms with E-state index < -0.39 is 17.1 Å². The number of hydrogen-bond donors (Lipinski definition) is 0. The van der Waals surface area contributed by atoms with Gasteiger partial charge in [-0.25, -0.2) is 14.6 Å². The van der Waals surface area contributed by atoms with Crippen LogP contribution in [0.1, 0.15) is 26.7 Å². The van der Waals surface area contributed by atoms with Crippen molar-refractivity contribution in [1.82, 2.24) is 0 Å². The van der Waals surface area contributed by atoms with Gasteiger partial charge in [0.05, 0.1) is 27.2 Å². The topological polar surface area (TPSA) is 92.7 Å². The van der Waals surface area contributed by atoms with Crippen LogP contribution in [0.2, 0.25) is 25.2 Å². The van der Waals surface area contributed by atoms with Crippen molar-refractivity contribution in [3.05, 3.63) is 12.2 Å². The maximum atomic E-state index is 11.3. The first-order chi connectivity index (χ1) is 15.3. The largest absolute Gasteiger partial charge is 1.00 e. The molecule has 0 rings (SSSR count). The van der Waals surface area contributed by atoms with Crippen LogP contribution < -0.4 is 12.4 Å². The number of ether oxygens (including phenoxy) is 1. The molecule has 0 amide bonds. The second kappa shape index (κ2) is 20.3. The van der Waals surface area contributed by atoms with Gasteiger partial charge in [-0.05, 0) is 39.4 Å². The molecular weight excluding hydrogens is 496 g/mol. The number of rotatable bonds is 17. The van der Waals surface area contributed by atoms with Crippen LogP contribution in [0.5, 0.6) is 0 Å². The third-order valence-corrected chi connectivity index (χ3v) is 10.6. The van der Waals surface area contributed by atoms with Gasteiger partial charge in [-0.2, -0.15) is 0 Å². The molecule has 0 aliphatic rings. The lowest BCUT2D eigenvalue weighted by molar-refractivity contribution is -0.890. The lowest BCUT2D eigenvalue weighted by atomic mass is 10.3. The molecule has 9 nitrogen and oxygen atoms in total. The first-order valence-corrected chi connectivity index (χ1v) is 16.4. The number of hydrogen-bond acceptors (Lipinski definition) is 8. The van der Waals surface area contributed by atoms with Gasteiger partial charge in [-0.1, -0.05) is 6.58 Å². The van der Waals surface area contributed by atoms with Gasteiger partial charge in [0.25, 0.3) is 0 Å². The Labute approximate surface area is 215 Å². The van der Waals surface area contributed by atoms with Gasteiger partial charge in [0.1, 0.15) is 13.2 Å². The van der Waals surface area contributed by atoms with Gasteiger partial charge in [0.15, 0.2) is 8.32 Å². The zero-order valence-electron chi connectivity index (χ0n) is 22.7. The summed E-state index contributed by atoms with van der Waals surface area (Å²) in [5, 5.41) is 0. The number of halogens is 1. The fraction of sp³-hybridized carbons (Fsp3) is 0.818. The molecule has 12 heteroatoms. The minimum Gasteiger partial charge on any atom is -1.00 e. The van der Waals surface area contributed by atoms with Crippen molar-refractivity contribution in [2.75, 3.05) is 68.3 Å². The van der Waals surface area contributed by atoms with E-state index in [1.54, 1.807) is 28.3 Å². The van der Waals surface area contributed by atoms with E-state index in [0.717, 1.165) is 49.1 Å². The molecule has 0 aliphatic heterocycles. The third kappa shape index (κ3) is 19.4. The van der Waals surface area contributed by atoms with E-state index in [1.165, 1.54) is 6.08 Å². The van der Waals surface area contributed by atoms with Gasteiger partial charge >= 0.3 is 14.8 Å². The van der Waals surface area contributed by atoms with E-state index in [1.807, 2.05) is 6.92 Å². The van der Waals surface area contributed by atoms with Crippen LogP contribution in [-0.4, -0.2) is 102 Å². The van der Waals surface area contributed by atoms with E-state index in [2.05, 4.69) is 38.8 Å². The van der Waals surface area contributed by atoms with Crippen molar-refractivity contribution >= 4 is 29.2 Å². The lowest BCUT2D eigenvalue weighted by Crippen LogP contribution is -3.00. The number of isocyanates is 1. The molecule has 0 spiro atoms. The predicted molar refractivity (Wildman–Crippen MR) is 135 cm³/mol. The number of esters is 1. The highest BCUT2D eigenvalue weighted by Gasteiger charge is 2.37. The number of quaternary nitrogens is 1. The maximum Gasteiger partial charge on any atom is 0.500 e. The van der Waals surface area contributed by atoms with Crippen LogP contribution in [0.3, 0.4) is 0 Å². The number of likely N-dealkylation sites (N-methyl/N-ethyl adjacent to an activating group) is 1. The fourth-order valence-electron chi connectivity index (χ4n) is 2.99. The molecule has 202 valence electrons. The van der Waals surface area contributed by atoms with Crippen molar-refractivity contribution < 1.29 is 48.9 Å². The quantitative estimate of drug-likeness (QED) is 0.0500. The minimum absolute atomic E-state index is 0. The summed E-state index contributed by atoms with van der Waals surface area (Å²) >= 11 is 0. The van der Waals surface area contributed by atoms with E-state index >= 15 is 0 Å². The summed E-state index contributed by atoms with van der Waals surface area (Å²) in [7, 11) is 5.14. The highest BCUT2D eigenvalue weighted by atomic mass is 35.5. The molecule has 34 heavy (non-hydrogen) atoms. The first-order valence-electron chi connectivity index (χ1n) is 11.3. The molecule has 0 aromatic heterocycles. The van der Waals surface area contributed by atoms with Gasteiger partial charge in [0.2, 0.25) is 6.08 Å². The van der Waals surface area contributed by atoms with Gasteiger partial charge in [-0.15, -0.1) is 0 Å². The summed E-state index contributed by atoms with van der Waals surface area (Å²) in [5.74, 6) is -0.334. The molecule has 0 unspecified atom stereocenters. The van der Waals surface area contributed by atoms with Crippen LogP contribution in [0, 0.1) is 0 Å². The van der Waals surface area contributed by atoms with E-state index in [9.17, 15) is 9.59 Å². The molecule has 0 saturated carbocycles. The summed E-state index contributed by atoms with van der Waals surface area (Å²) < 4.78 is 27.7. The monoisotopic (exact) mass is 542 g/mol. The highest BCUT2D eigenvalue weighted by Crippen LogP contribution is 2.16. The molecule has 0 atom stereocenters. The predicted octanol–water partition coefficient (Wildman–Crippen LogP) is 0.408. The summed E-state index contributed by atoms with van der Waals surface area (Å²) in [4.78, 5) is 24.6. The van der Waals surface area contributed by atoms with Crippen LogP contribution in [-0.2, 0) is 32.0 Å². The Balaban J connectivity index is -0.000000632. The van der Waals surface area contributed by atoms with E-state index in [-0.39, 0.29) is 18.4 Å². The summed E-state index contributed by atoms with van der Waals surface area (Å²) in [6, 6.07) is 1.83. The SMILES string of the molecule is C=C(C)C(=O)OCC[N+](C)(C)CCC[Si](OC)(OC)OC.CCO[Si](C)(C)CCCN=C=O.[Cl-]. The molecule has 0 N–H and O–H groups in total. The second-order valence-electron chi connectivity index (χ2n) is 8.97. The smallest absolute Gasteiger partial charge is 0.500 e. The van der Waals surface area contributed by atoms with Crippen molar-refractivity contribution in [1.29, 1.82) is 0 Å². The van der Waals surface area contributed by atoms with Gasteiger partial charge < -0.3 is 39.3 Å². The van der Waals surface area contributed by atoms with Crippen molar-refractivity contribution in [2.24, 2.45) is 4.99 Å². The summed E-state index contributed by atoms with van der Waals surface area (Å²) in [6.45, 7) is 15.0. The zero-order chi connectivity index (χ0) is 26.0. The molecule has 0 fully saturated rings. The van der Waals surface area contributed by atoms with E-state index in [4.69, 9.17) is 22.4 Å². The minimum atomic E-state index is -2.49. The Morgan fingerprint density at radius 1 is 1.03 bits per heavy atom. The normalized spacial score (nSPS) is 11.4. The Morgan fingerprint density at radius 3 is 2.03 bits per heavy atom. The number of aliphatic imine (C=N–C) groups is 1. The second-order valence-corrected chi connectivity index (χ2v) is 16.4. The number of carbonyl (C=O) groups excluding carboxylic acids is 2. The number of carbonyl (C=O) groups is 1. The molecule has 0 aromatic carbocycles.